The summed E-state index contributed by atoms with van der Waals surface area (Å²) in [6.07, 6.45) is 3.23. The number of rotatable bonds is 5. The van der Waals surface area contributed by atoms with Crippen LogP contribution in [-0.4, -0.2) is 55.4 Å². The Morgan fingerprint density at radius 1 is 1.44 bits per heavy atom. The fourth-order valence-corrected chi connectivity index (χ4v) is 2.52. The van der Waals surface area contributed by atoms with E-state index in [0.29, 0.717) is 6.04 Å². The maximum absolute atomic E-state index is 11.2. The number of hydrogen-bond acceptors (Lipinski definition) is 3. The summed E-state index contributed by atoms with van der Waals surface area (Å²) in [6, 6.07) is 0.603. The molecular weight excluding hydrogens is 200 g/mol. The number of carbonyl (C=O) groups is 1. The largest absolute Gasteiger partial charge is 0.303 e. The van der Waals surface area contributed by atoms with Crippen LogP contribution in [0.15, 0.2) is 0 Å². The van der Waals surface area contributed by atoms with Gasteiger partial charge in [-0.15, -0.1) is 0 Å². The highest BCUT2D eigenvalue weighted by atomic mass is 16.1. The average molecular weight is 226 g/mol. The molecule has 1 saturated heterocycles. The van der Waals surface area contributed by atoms with Crippen molar-refractivity contribution in [1.29, 1.82) is 0 Å². The highest BCUT2D eigenvalue weighted by Crippen LogP contribution is 2.23. The van der Waals surface area contributed by atoms with E-state index in [-0.39, 0.29) is 5.41 Å². The first-order valence-corrected chi connectivity index (χ1v) is 6.39. The smallest absolute Gasteiger partial charge is 0.127 e. The van der Waals surface area contributed by atoms with Gasteiger partial charge in [0.2, 0.25) is 0 Å². The molecule has 0 aliphatic carbocycles. The molecule has 0 bridgehead atoms. The minimum absolute atomic E-state index is 0.148. The van der Waals surface area contributed by atoms with Crippen molar-refractivity contribution in [1.82, 2.24) is 9.80 Å². The molecule has 1 heterocycles. The van der Waals surface area contributed by atoms with Crippen LogP contribution in [0.3, 0.4) is 0 Å². The molecule has 2 unspecified atom stereocenters. The van der Waals surface area contributed by atoms with E-state index in [0.717, 1.165) is 45.3 Å². The summed E-state index contributed by atoms with van der Waals surface area (Å²) in [5, 5.41) is 0. The summed E-state index contributed by atoms with van der Waals surface area (Å²) in [4.78, 5) is 16.0. The van der Waals surface area contributed by atoms with Crippen LogP contribution < -0.4 is 0 Å². The molecule has 0 aromatic carbocycles. The third-order valence-electron chi connectivity index (χ3n) is 3.73. The van der Waals surface area contributed by atoms with Crippen LogP contribution in [0.25, 0.3) is 0 Å². The van der Waals surface area contributed by atoms with E-state index >= 15 is 0 Å². The van der Waals surface area contributed by atoms with Crippen molar-refractivity contribution in [3.8, 4) is 0 Å². The van der Waals surface area contributed by atoms with Crippen molar-refractivity contribution in [3.63, 3.8) is 0 Å². The second-order valence-electron chi connectivity index (χ2n) is 5.59. The van der Waals surface area contributed by atoms with Gasteiger partial charge < -0.3 is 9.69 Å². The van der Waals surface area contributed by atoms with E-state index in [1.54, 1.807) is 0 Å². The monoisotopic (exact) mass is 226 g/mol. The molecule has 0 aromatic rings. The maximum atomic E-state index is 11.2. The Balaban J connectivity index is 2.50. The van der Waals surface area contributed by atoms with Crippen LogP contribution >= 0.6 is 0 Å². The van der Waals surface area contributed by atoms with Gasteiger partial charge in [-0.1, -0.05) is 20.3 Å². The second-order valence-corrected chi connectivity index (χ2v) is 5.59. The van der Waals surface area contributed by atoms with Gasteiger partial charge in [-0.2, -0.15) is 0 Å². The van der Waals surface area contributed by atoms with Gasteiger partial charge in [0.15, 0.2) is 0 Å². The molecule has 0 saturated carbocycles. The Hall–Kier alpha value is -0.410. The Morgan fingerprint density at radius 3 is 2.62 bits per heavy atom. The van der Waals surface area contributed by atoms with Crippen molar-refractivity contribution >= 4 is 6.29 Å². The Bertz CT molecular complexity index is 232. The van der Waals surface area contributed by atoms with Gasteiger partial charge in [0.05, 0.1) is 0 Å². The first kappa shape index (κ1) is 13.7. The van der Waals surface area contributed by atoms with E-state index < -0.39 is 0 Å². The highest BCUT2D eigenvalue weighted by Gasteiger charge is 2.29. The number of hydrogen-bond donors (Lipinski definition) is 0. The summed E-state index contributed by atoms with van der Waals surface area (Å²) in [5.74, 6) is 0. The van der Waals surface area contributed by atoms with Gasteiger partial charge in [-0.25, -0.2) is 0 Å². The highest BCUT2D eigenvalue weighted by molar-refractivity contribution is 5.59. The standard InChI is InChI=1S/C13H26N2O/c1-5-6-13(3,11-16)10-15-8-7-14(4)12(2)9-15/h11-12H,5-10H2,1-4H3. The molecular formula is C13H26N2O. The topological polar surface area (TPSA) is 23.6 Å². The molecule has 94 valence electrons. The minimum atomic E-state index is -0.148. The molecule has 1 fully saturated rings. The zero-order valence-corrected chi connectivity index (χ0v) is 11.2. The molecule has 1 aliphatic heterocycles. The van der Waals surface area contributed by atoms with E-state index in [1.165, 1.54) is 0 Å². The second kappa shape index (κ2) is 5.78. The SMILES string of the molecule is CCCC(C)(C=O)CN1CCN(C)C(C)C1. The number of carbonyl (C=O) groups excluding carboxylic acids is 1. The number of piperazine rings is 1. The lowest BCUT2D eigenvalue weighted by Gasteiger charge is -2.40. The predicted molar refractivity (Wildman–Crippen MR) is 67.6 cm³/mol. The molecule has 3 heteroatoms. The summed E-state index contributed by atoms with van der Waals surface area (Å²) in [5.41, 5.74) is -0.148. The molecule has 0 radical (unpaired) electrons. The van der Waals surface area contributed by atoms with Gasteiger partial charge in [0, 0.05) is 37.6 Å². The van der Waals surface area contributed by atoms with E-state index in [9.17, 15) is 4.79 Å². The van der Waals surface area contributed by atoms with Gasteiger partial charge >= 0.3 is 0 Å². The molecule has 0 spiro atoms. The molecule has 16 heavy (non-hydrogen) atoms. The zero-order valence-electron chi connectivity index (χ0n) is 11.2. The van der Waals surface area contributed by atoms with Gasteiger partial charge in [0.25, 0.3) is 0 Å². The molecule has 0 aromatic heterocycles. The van der Waals surface area contributed by atoms with Gasteiger partial charge in [-0.05, 0) is 20.4 Å². The number of likely N-dealkylation sites (N-methyl/N-ethyl adjacent to an activating group) is 1. The fraction of sp³-hybridized carbons (Fsp3) is 0.923. The summed E-state index contributed by atoms with van der Waals surface area (Å²) in [7, 11) is 2.17. The number of nitrogens with zero attached hydrogens (tertiary/aromatic N) is 2. The van der Waals surface area contributed by atoms with Crippen LogP contribution in [0, 0.1) is 5.41 Å². The van der Waals surface area contributed by atoms with Crippen molar-refractivity contribution in [2.45, 2.75) is 39.7 Å². The quantitative estimate of drug-likeness (QED) is 0.666. The van der Waals surface area contributed by atoms with Gasteiger partial charge in [-0.3, -0.25) is 4.90 Å². The predicted octanol–water partition coefficient (Wildman–Crippen LogP) is 1.63. The maximum Gasteiger partial charge on any atom is 0.127 e. The van der Waals surface area contributed by atoms with E-state index in [4.69, 9.17) is 0 Å². The lowest BCUT2D eigenvalue weighted by Crippen LogP contribution is -2.52. The van der Waals surface area contributed by atoms with E-state index in [1.807, 2.05) is 0 Å². The normalized spacial score (nSPS) is 27.6. The first-order chi connectivity index (χ1) is 7.50. The van der Waals surface area contributed by atoms with Gasteiger partial charge in [0.1, 0.15) is 6.29 Å². The van der Waals surface area contributed by atoms with Crippen LogP contribution in [-0.2, 0) is 4.79 Å². The zero-order chi connectivity index (χ0) is 12.2. The molecule has 3 nitrogen and oxygen atoms in total. The fourth-order valence-electron chi connectivity index (χ4n) is 2.52. The lowest BCUT2D eigenvalue weighted by molar-refractivity contribution is -0.117. The minimum Gasteiger partial charge on any atom is -0.303 e. The van der Waals surface area contributed by atoms with Crippen LogP contribution in [0.1, 0.15) is 33.6 Å². The van der Waals surface area contributed by atoms with Crippen LogP contribution in [0.5, 0.6) is 0 Å². The average Bonchev–Trinajstić information content (AvgIpc) is 2.24. The third-order valence-corrected chi connectivity index (χ3v) is 3.73. The van der Waals surface area contributed by atoms with Crippen molar-refractivity contribution in [2.24, 2.45) is 5.41 Å². The Kier molecular flexibility index (Phi) is 4.93. The Labute approximate surface area is 99.8 Å². The lowest BCUT2D eigenvalue weighted by atomic mass is 9.86. The molecule has 1 rings (SSSR count). The molecule has 0 N–H and O–H groups in total. The van der Waals surface area contributed by atoms with Crippen molar-refractivity contribution in [3.05, 3.63) is 0 Å². The number of aldehydes is 1. The summed E-state index contributed by atoms with van der Waals surface area (Å²) in [6.45, 7) is 10.7. The summed E-state index contributed by atoms with van der Waals surface area (Å²) < 4.78 is 0. The third kappa shape index (κ3) is 3.56. The first-order valence-electron chi connectivity index (χ1n) is 6.39. The van der Waals surface area contributed by atoms with Crippen molar-refractivity contribution in [2.75, 3.05) is 33.2 Å². The molecule has 0 amide bonds. The van der Waals surface area contributed by atoms with Crippen LogP contribution in [0.4, 0.5) is 0 Å². The molecule has 1 aliphatic rings. The molecule has 2 atom stereocenters. The summed E-state index contributed by atoms with van der Waals surface area (Å²) >= 11 is 0. The van der Waals surface area contributed by atoms with Crippen LogP contribution in [0.2, 0.25) is 0 Å². The Morgan fingerprint density at radius 2 is 2.12 bits per heavy atom. The van der Waals surface area contributed by atoms with E-state index in [2.05, 4.69) is 37.6 Å². The van der Waals surface area contributed by atoms with Crippen molar-refractivity contribution < 1.29 is 4.79 Å².